The van der Waals surface area contributed by atoms with Crippen LogP contribution in [0.25, 0.3) is 0 Å². The first-order valence-electron chi connectivity index (χ1n) is 9.11. The molecule has 26 heavy (non-hydrogen) atoms. The van der Waals surface area contributed by atoms with Gasteiger partial charge in [-0.3, -0.25) is 9.48 Å². The number of amides is 2. The maximum Gasteiger partial charge on any atom is 0.409 e. The van der Waals surface area contributed by atoms with E-state index in [4.69, 9.17) is 4.74 Å². The zero-order chi connectivity index (χ0) is 17.6. The molecule has 2 amide bonds. The molecule has 1 atom stereocenters. The molecule has 2 saturated heterocycles. The van der Waals surface area contributed by atoms with Gasteiger partial charge in [-0.2, -0.15) is 5.10 Å². The van der Waals surface area contributed by atoms with Crippen LogP contribution >= 0.6 is 12.4 Å². The average Bonchev–Trinajstić information content (AvgIpc) is 3.11. The Morgan fingerprint density at radius 2 is 2.00 bits per heavy atom. The fraction of sp³-hybridized carbons (Fsp3) is 0.706. The molecule has 1 aromatic heterocycles. The lowest BCUT2D eigenvalue weighted by molar-refractivity contribution is -0.133. The van der Waals surface area contributed by atoms with Crippen LogP contribution in [0.15, 0.2) is 12.3 Å². The average molecular weight is 386 g/mol. The van der Waals surface area contributed by atoms with Crippen LogP contribution in [0, 0.1) is 0 Å². The first-order valence-corrected chi connectivity index (χ1v) is 9.11. The summed E-state index contributed by atoms with van der Waals surface area (Å²) in [6.45, 7) is 6.56. The number of carbonyl (C=O) groups excluding carboxylic acids is 2. The van der Waals surface area contributed by atoms with Gasteiger partial charge in [-0.1, -0.05) is 0 Å². The van der Waals surface area contributed by atoms with Gasteiger partial charge in [0.05, 0.1) is 12.3 Å². The van der Waals surface area contributed by atoms with Crippen LogP contribution in [0.1, 0.15) is 31.4 Å². The molecule has 3 rings (SSSR count). The van der Waals surface area contributed by atoms with Crippen molar-refractivity contribution >= 4 is 24.4 Å². The number of halogens is 1. The summed E-state index contributed by atoms with van der Waals surface area (Å²) < 4.78 is 6.72. The quantitative estimate of drug-likeness (QED) is 0.838. The molecule has 0 aromatic carbocycles. The second-order valence-electron chi connectivity index (χ2n) is 6.55. The van der Waals surface area contributed by atoms with Crippen molar-refractivity contribution < 1.29 is 14.3 Å². The van der Waals surface area contributed by atoms with Crippen molar-refractivity contribution in [1.29, 1.82) is 0 Å². The van der Waals surface area contributed by atoms with Gasteiger partial charge in [0, 0.05) is 44.8 Å². The van der Waals surface area contributed by atoms with Crippen molar-refractivity contribution in [2.45, 2.75) is 32.2 Å². The molecule has 1 aromatic rings. The van der Waals surface area contributed by atoms with Crippen molar-refractivity contribution in [3.05, 3.63) is 18.0 Å². The largest absolute Gasteiger partial charge is 0.450 e. The molecule has 1 N–H and O–H groups in total. The summed E-state index contributed by atoms with van der Waals surface area (Å²) in [4.78, 5) is 27.6. The normalized spacial score (nSPS) is 20.4. The zero-order valence-corrected chi connectivity index (χ0v) is 16.0. The smallest absolute Gasteiger partial charge is 0.409 e. The van der Waals surface area contributed by atoms with Gasteiger partial charge in [0.2, 0.25) is 5.91 Å². The predicted molar refractivity (Wildman–Crippen MR) is 99.5 cm³/mol. The number of carbonyl (C=O) groups is 2. The maximum atomic E-state index is 12.5. The zero-order valence-electron chi connectivity index (χ0n) is 15.2. The van der Waals surface area contributed by atoms with Crippen LogP contribution in [-0.2, 0) is 16.1 Å². The molecular formula is C17H28ClN5O3. The van der Waals surface area contributed by atoms with Crippen molar-refractivity contribution in [2.75, 3.05) is 45.9 Å². The molecule has 146 valence electrons. The predicted octanol–water partition coefficient (Wildman–Crippen LogP) is 1.07. The summed E-state index contributed by atoms with van der Waals surface area (Å²) >= 11 is 0. The summed E-state index contributed by atoms with van der Waals surface area (Å²) in [5, 5.41) is 7.97. The van der Waals surface area contributed by atoms with E-state index in [1.165, 1.54) is 6.42 Å². The lowest BCUT2D eigenvalue weighted by atomic mass is 9.97. The molecule has 0 spiro atoms. The summed E-state index contributed by atoms with van der Waals surface area (Å²) in [5.74, 6) is 0.484. The van der Waals surface area contributed by atoms with Gasteiger partial charge in [-0.25, -0.2) is 4.79 Å². The molecule has 3 heterocycles. The number of hydrogen-bond donors (Lipinski definition) is 1. The standard InChI is InChI=1S/C17H27N5O3.ClH/c1-2-25-17(24)21-10-8-20(9-11-21)16(23)13-22-7-5-15(19-22)14-4-3-6-18-12-14;/h5,7,14,18H,2-4,6,8-13H2,1H3;1H. The lowest BCUT2D eigenvalue weighted by Crippen LogP contribution is -2.51. The molecule has 0 radical (unpaired) electrons. The highest BCUT2D eigenvalue weighted by Crippen LogP contribution is 2.21. The Morgan fingerprint density at radius 3 is 2.65 bits per heavy atom. The summed E-state index contributed by atoms with van der Waals surface area (Å²) in [5.41, 5.74) is 1.06. The second-order valence-corrected chi connectivity index (χ2v) is 6.55. The van der Waals surface area contributed by atoms with Gasteiger partial charge in [-0.15, -0.1) is 12.4 Å². The fourth-order valence-electron chi connectivity index (χ4n) is 3.38. The molecule has 0 saturated carbocycles. The van der Waals surface area contributed by atoms with Crippen LogP contribution in [-0.4, -0.2) is 77.5 Å². The van der Waals surface area contributed by atoms with E-state index in [9.17, 15) is 9.59 Å². The van der Waals surface area contributed by atoms with Gasteiger partial charge in [0.25, 0.3) is 0 Å². The van der Waals surface area contributed by atoms with Gasteiger partial charge in [-0.05, 0) is 32.4 Å². The Hall–Kier alpha value is -1.80. The Kier molecular flexibility index (Phi) is 7.71. The lowest BCUT2D eigenvalue weighted by Gasteiger charge is -2.34. The highest BCUT2D eigenvalue weighted by Gasteiger charge is 2.25. The van der Waals surface area contributed by atoms with Crippen LogP contribution in [0.5, 0.6) is 0 Å². The number of piperidine rings is 1. The third-order valence-corrected chi connectivity index (χ3v) is 4.83. The maximum absolute atomic E-state index is 12.5. The third kappa shape index (κ3) is 5.11. The van der Waals surface area contributed by atoms with E-state index in [1.54, 1.807) is 21.4 Å². The van der Waals surface area contributed by atoms with Gasteiger partial charge in [0.15, 0.2) is 0 Å². The molecule has 2 fully saturated rings. The van der Waals surface area contributed by atoms with Gasteiger partial charge >= 0.3 is 6.09 Å². The number of ether oxygens (including phenoxy) is 1. The number of nitrogens with zero attached hydrogens (tertiary/aromatic N) is 4. The SMILES string of the molecule is CCOC(=O)N1CCN(C(=O)Cn2ccc(C3CCCNC3)n2)CC1.Cl. The first kappa shape index (κ1) is 20.5. The van der Waals surface area contributed by atoms with Crippen molar-refractivity contribution in [3.63, 3.8) is 0 Å². The number of hydrogen-bond acceptors (Lipinski definition) is 5. The number of piperazine rings is 1. The van der Waals surface area contributed by atoms with Crippen LogP contribution < -0.4 is 5.32 Å². The number of rotatable bonds is 4. The fourth-order valence-corrected chi connectivity index (χ4v) is 3.38. The Bertz CT molecular complexity index is 595. The summed E-state index contributed by atoms with van der Waals surface area (Å²) in [6.07, 6.45) is 3.90. The van der Waals surface area contributed by atoms with E-state index in [0.717, 1.165) is 25.2 Å². The highest BCUT2D eigenvalue weighted by molar-refractivity contribution is 5.85. The van der Waals surface area contributed by atoms with E-state index in [-0.39, 0.29) is 31.0 Å². The Balaban J connectivity index is 0.00000243. The minimum absolute atomic E-state index is 0. The minimum Gasteiger partial charge on any atom is -0.450 e. The van der Waals surface area contributed by atoms with E-state index >= 15 is 0 Å². The van der Waals surface area contributed by atoms with Crippen molar-refractivity contribution in [1.82, 2.24) is 24.9 Å². The summed E-state index contributed by atoms with van der Waals surface area (Å²) in [7, 11) is 0. The molecule has 2 aliphatic rings. The first-order chi connectivity index (χ1) is 12.2. The Morgan fingerprint density at radius 1 is 1.27 bits per heavy atom. The van der Waals surface area contributed by atoms with Crippen molar-refractivity contribution in [3.8, 4) is 0 Å². The van der Waals surface area contributed by atoms with Crippen LogP contribution in [0.4, 0.5) is 4.79 Å². The second kappa shape index (κ2) is 9.78. The number of aromatic nitrogens is 2. The Labute approximate surface area is 160 Å². The molecule has 8 nitrogen and oxygen atoms in total. The van der Waals surface area contributed by atoms with Crippen LogP contribution in [0.3, 0.4) is 0 Å². The van der Waals surface area contributed by atoms with Crippen molar-refractivity contribution in [2.24, 2.45) is 0 Å². The third-order valence-electron chi connectivity index (χ3n) is 4.83. The number of nitrogens with one attached hydrogen (secondary N) is 1. The van der Waals surface area contributed by atoms with E-state index in [1.807, 2.05) is 12.3 Å². The summed E-state index contributed by atoms with van der Waals surface area (Å²) in [6, 6.07) is 2.02. The molecule has 0 aliphatic carbocycles. The van der Waals surface area contributed by atoms with Crippen LogP contribution in [0.2, 0.25) is 0 Å². The monoisotopic (exact) mass is 385 g/mol. The molecule has 0 bridgehead atoms. The molecule has 1 unspecified atom stereocenters. The highest BCUT2D eigenvalue weighted by atomic mass is 35.5. The van der Waals surface area contributed by atoms with Gasteiger partial charge < -0.3 is 19.9 Å². The topological polar surface area (TPSA) is 79.7 Å². The minimum atomic E-state index is -0.299. The van der Waals surface area contributed by atoms with E-state index in [2.05, 4.69) is 10.4 Å². The molecule has 9 heteroatoms. The molecular weight excluding hydrogens is 358 g/mol. The molecule has 2 aliphatic heterocycles. The van der Waals surface area contributed by atoms with E-state index < -0.39 is 0 Å². The van der Waals surface area contributed by atoms with E-state index in [0.29, 0.717) is 38.7 Å². The van der Waals surface area contributed by atoms with Gasteiger partial charge in [0.1, 0.15) is 6.54 Å².